The molecule has 0 heterocycles. The van der Waals surface area contributed by atoms with Crippen LogP contribution in [0.15, 0.2) is 11.6 Å². The highest BCUT2D eigenvalue weighted by molar-refractivity contribution is 5.67. The molecule has 0 unspecified atom stereocenters. The molecule has 0 radical (unpaired) electrons. The Labute approximate surface area is 229 Å². The van der Waals surface area contributed by atoms with E-state index < -0.39 is 0 Å². The van der Waals surface area contributed by atoms with Crippen molar-refractivity contribution in [2.45, 2.75) is 144 Å². The van der Waals surface area contributed by atoms with Crippen molar-refractivity contribution in [1.82, 2.24) is 5.32 Å². The summed E-state index contributed by atoms with van der Waals surface area (Å²) in [7, 11) is 0. The summed E-state index contributed by atoms with van der Waals surface area (Å²) < 4.78 is 5.91. The number of amides is 1. The fraction of sp³-hybridized carbons (Fsp3) is 0.912. The van der Waals surface area contributed by atoms with Gasteiger partial charge >= 0.3 is 6.09 Å². The molecule has 37 heavy (non-hydrogen) atoms. The largest absolute Gasteiger partial charge is 0.446 e. The average Bonchev–Trinajstić information content (AvgIpc) is 3.21. The molecule has 3 fully saturated rings. The molecule has 0 aromatic carbocycles. The van der Waals surface area contributed by atoms with Crippen LogP contribution in [0.3, 0.4) is 0 Å². The lowest BCUT2D eigenvalue weighted by Crippen LogP contribution is -2.51. The van der Waals surface area contributed by atoms with Crippen LogP contribution in [0.5, 0.6) is 0 Å². The SMILES string of the molecule is CCCCCCNC(=O)O[C@@H]1CC[C@@]2(C)C(=CC[C@H]3[C@@H]4CC[C@H]([C@@H](C)CCCC(C)C)[C@@]4(C)CC[C@@H]32)C1. The Morgan fingerprint density at radius 3 is 2.57 bits per heavy atom. The van der Waals surface area contributed by atoms with Gasteiger partial charge in [-0.05, 0) is 97.7 Å². The lowest BCUT2D eigenvalue weighted by atomic mass is 9.47. The van der Waals surface area contributed by atoms with Gasteiger partial charge in [-0.15, -0.1) is 0 Å². The third-order valence-corrected chi connectivity index (χ3v) is 11.8. The van der Waals surface area contributed by atoms with Crippen LogP contribution in [0, 0.1) is 46.3 Å². The van der Waals surface area contributed by atoms with Crippen LogP contribution in [0.2, 0.25) is 0 Å². The summed E-state index contributed by atoms with van der Waals surface area (Å²) in [6, 6.07) is 0. The van der Waals surface area contributed by atoms with Gasteiger partial charge < -0.3 is 10.1 Å². The molecule has 0 saturated heterocycles. The lowest BCUT2D eigenvalue weighted by Gasteiger charge is -2.58. The van der Waals surface area contributed by atoms with Crippen LogP contribution >= 0.6 is 0 Å². The number of allylic oxidation sites excluding steroid dienone is 1. The molecule has 0 bridgehead atoms. The van der Waals surface area contributed by atoms with Crippen molar-refractivity contribution in [3.05, 3.63) is 11.6 Å². The zero-order valence-corrected chi connectivity index (χ0v) is 25.2. The fourth-order valence-corrected chi connectivity index (χ4v) is 9.69. The monoisotopic (exact) mass is 513 g/mol. The van der Waals surface area contributed by atoms with Crippen LogP contribution < -0.4 is 5.32 Å². The van der Waals surface area contributed by atoms with E-state index >= 15 is 0 Å². The third-order valence-electron chi connectivity index (χ3n) is 11.8. The summed E-state index contributed by atoms with van der Waals surface area (Å²) >= 11 is 0. The molecular formula is C34H59NO2. The van der Waals surface area contributed by atoms with Crippen molar-refractivity contribution in [3.63, 3.8) is 0 Å². The van der Waals surface area contributed by atoms with E-state index in [1.54, 1.807) is 5.57 Å². The van der Waals surface area contributed by atoms with E-state index in [-0.39, 0.29) is 12.2 Å². The molecule has 3 nitrogen and oxygen atoms in total. The van der Waals surface area contributed by atoms with Crippen LogP contribution in [0.1, 0.15) is 138 Å². The highest BCUT2D eigenvalue weighted by atomic mass is 16.6. The highest BCUT2D eigenvalue weighted by Gasteiger charge is 2.59. The maximum atomic E-state index is 12.4. The first-order valence-corrected chi connectivity index (χ1v) is 16.3. The van der Waals surface area contributed by atoms with Crippen molar-refractivity contribution >= 4 is 6.09 Å². The summed E-state index contributed by atoms with van der Waals surface area (Å²) in [6.07, 6.45) is 21.6. The number of carbonyl (C=O) groups excluding carboxylic acids is 1. The quantitative estimate of drug-likeness (QED) is 0.220. The molecule has 0 aliphatic heterocycles. The molecule has 1 amide bonds. The van der Waals surface area contributed by atoms with Crippen LogP contribution in [0.25, 0.3) is 0 Å². The lowest BCUT2D eigenvalue weighted by molar-refractivity contribution is -0.0581. The molecule has 0 spiro atoms. The standard InChI is InChI=1S/C34H59NO2/c1-7-8-9-10-22-35-32(36)37-27-18-20-33(5)26(23-27)14-15-28-30-17-16-29(25(4)13-11-12-24(2)3)34(30,6)21-19-31(28)33/h14,24-25,27-31H,7-13,15-23H2,1-6H3,(H,35,36)/t25-,27+,28-,29+,30-,31-,33-,34+/m0/s1. The van der Waals surface area contributed by atoms with Crippen LogP contribution in [-0.2, 0) is 4.74 Å². The summed E-state index contributed by atoms with van der Waals surface area (Å²) in [4.78, 5) is 12.4. The minimum absolute atomic E-state index is 0.0583. The number of nitrogens with one attached hydrogen (secondary N) is 1. The maximum absolute atomic E-state index is 12.4. The molecule has 4 rings (SSSR count). The highest BCUT2D eigenvalue weighted by Crippen LogP contribution is 2.67. The molecule has 3 heteroatoms. The second kappa shape index (κ2) is 12.5. The number of hydrogen-bond acceptors (Lipinski definition) is 2. The van der Waals surface area contributed by atoms with Gasteiger partial charge in [-0.25, -0.2) is 4.79 Å². The number of rotatable bonds is 11. The van der Waals surface area contributed by atoms with Gasteiger partial charge in [0, 0.05) is 13.0 Å². The number of hydrogen-bond donors (Lipinski definition) is 1. The van der Waals surface area contributed by atoms with Gasteiger partial charge in [-0.3, -0.25) is 0 Å². The number of alkyl carbamates (subject to hydrolysis) is 1. The van der Waals surface area contributed by atoms with E-state index in [0.717, 1.165) is 61.3 Å². The van der Waals surface area contributed by atoms with Gasteiger partial charge in [0.15, 0.2) is 0 Å². The van der Waals surface area contributed by atoms with E-state index in [4.69, 9.17) is 4.74 Å². The molecule has 1 N–H and O–H groups in total. The fourth-order valence-electron chi connectivity index (χ4n) is 9.69. The van der Waals surface area contributed by atoms with Crippen LogP contribution in [-0.4, -0.2) is 18.7 Å². The molecule has 0 aromatic heterocycles. The number of unbranched alkanes of at least 4 members (excludes halogenated alkanes) is 3. The average molecular weight is 514 g/mol. The minimum Gasteiger partial charge on any atom is -0.446 e. The van der Waals surface area contributed by atoms with Crippen molar-refractivity contribution in [2.75, 3.05) is 6.54 Å². The zero-order valence-electron chi connectivity index (χ0n) is 25.2. The van der Waals surface area contributed by atoms with Crippen molar-refractivity contribution in [2.24, 2.45) is 46.3 Å². The predicted molar refractivity (Wildman–Crippen MR) is 155 cm³/mol. The van der Waals surface area contributed by atoms with Gasteiger partial charge in [0.25, 0.3) is 0 Å². The van der Waals surface area contributed by atoms with Crippen molar-refractivity contribution < 1.29 is 9.53 Å². The molecule has 0 aromatic rings. The summed E-state index contributed by atoms with van der Waals surface area (Å²) in [5, 5.41) is 3.00. The van der Waals surface area contributed by atoms with E-state index in [2.05, 4.69) is 52.9 Å². The number of fused-ring (bicyclic) bond motifs is 5. The van der Waals surface area contributed by atoms with E-state index in [0.29, 0.717) is 10.8 Å². The first-order chi connectivity index (χ1) is 17.7. The smallest absolute Gasteiger partial charge is 0.407 e. The Hall–Kier alpha value is -0.990. The topological polar surface area (TPSA) is 38.3 Å². The number of ether oxygens (including phenoxy) is 1. The Morgan fingerprint density at radius 2 is 1.81 bits per heavy atom. The van der Waals surface area contributed by atoms with Crippen molar-refractivity contribution in [1.29, 1.82) is 0 Å². The van der Waals surface area contributed by atoms with Crippen molar-refractivity contribution in [3.8, 4) is 0 Å². The van der Waals surface area contributed by atoms with Gasteiger partial charge in [0.2, 0.25) is 0 Å². The summed E-state index contributed by atoms with van der Waals surface area (Å²) in [6.45, 7) is 15.5. The van der Waals surface area contributed by atoms with E-state index in [1.807, 2.05) is 0 Å². The first-order valence-electron chi connectivity index (χ1n) is 16.3. The Bertz CT molecular complexity index is 789. The summed E-state index contributed by atoms with van der Waals surface area (Å²) in [5.41, 5.74) is 2.48. The third kappa shape index (κ3) is 6.27. The maximum Gasteiger partial charge on any atom is 0.407 e. The molecule has 4 aliphatic carbocycles. The van der Waals surface area contributed by atoms with E-state index in [1.165, 1.54) is 77.0 Å². The Balaban J connectivity index is 1.34. The van der Waals surface area contributed by atoms with Gasteiger partial charge in [-0.2, -0.15) is 0 Å². The second-order valence-corrected chi connectivity index (χ2v) is 14.5. The normalized spacial score (nSPS) is 37.8. The molecule has 8 atom stereocenters. The van der Waals surface area contributed by atoms with E-state index in [9.17, 15) is 4.79 Å². The number of carbonyl (C=O) groups is 1. The van der Waals surface area contributed by atoms with Crippen LogP contribution in [0.4, 0.5) is 4.79 Å². The minimum atomic E-state index is -0.202. The molecule has 212 valence electrons. The van der Waals surface area contributed by atoms with Gasteiger partial charge in [0.05, 0.1) is 0 Å². The summed E-state index contributed by atoms with van der Waals surface area (Å²) in [5.74, 6) is 5.24. The van der Waals surface area contributed by atoms with Gasteiger partial charge in [0.1, 0.15) is 6.10 Å². The Morgan fingerprint density at radius 1 is 1.00 bits per heavy atom. The molecule has 3 saturated carbocycles. The molecular weight excluding hydrogens is 454 g/mol. The first kappa shape index (κ1) is 29.0. The van der Waals surface area contributed by atoms with Gasteiger partial charge in [-0.1, -0.05) is 91.7 Å². The second-order valence-electron chi connectivity index (χ2n) is 14.5. The molecule has 4 aliphatic rings. The predicted octanol–water partition coefficient (Wildman–Crippen LogP) is 9.70. The zero-order chi connectivity index (χ0) is 26.6. The Kier molecular flexibility index (Phi) is 9.77.